The lowest BCUT2D eigenvalue weighted by atomic mass is 9.98. The van der Waals surface area contributed by atoms with Crippen LogP contribution in [0, 0.1) is 13.8 Å². The van der Waals surface area contributed by atoms with Crippen molar-refractivity contribution in [1.29, 1.82) is 0 Å². The molecule has 1 atom stereocenters. The zero-order valence-electron chi connectivity index (χ0n) is 15.5. The first-order valence-electron chi connectivity index (χ1n) is 9.14. The fourth-order valence-electron chi connectivity index (χ4n) is 3.57. The molecule has 2 heterocycles. The molecule has 1 aliphatic rings. The molecule has 1 aromatic carbocycles. The lowest BCUT2D eigenvalue weighted by Gasteiger charge is -2.27. The Kier molecular flexibility index (Phi) is 5.11. The van der Waals surface area contributed by atoms with E-state index in [0.717, 1.165) is 41.8 Å². The predicted octanol–water partition coefficient (Wildman–Crippen LogP) is 4.11. The number of amides is 1. The van der Waals surface area contributed by atoms with Gasteiger partial charge in [-0.05, 0) is 38.3 Å². The van der Waals surface area contributed by atoms with Crippen molar-refractivity contribution in [2.24, 2.45) is 0 Å². The Morgan fingerprint density at radius 2 is 2.12 bits per heavy atom. The SMILES string of the molecule is CCC(CC)n1nc(C(=O)N[C@@H]2CCOc3c(C)cccc32)cc1C. The van der Waals surface area contributed by atoms with Gasteiger partial charge in [0.2, 0.25) is 0 Å². The van der Waals surface area contributed by atoms with Crippen LogP contribution in [0.3, 0.4) is 0 Å². The fraction of sp³-hybridized carbons (Fsp3) is 0.500. The molecule has 0 aliphatic carbocycles. The number of hydrogen-bond donors (Lipinski definition) is 1. The molecule has 0 radical (unpaired) electrons. The molecular weight excluding hydrogens is 314 g/mol. The summed E-state index contributed by atoms with van der Waals surface area (Å²) in [7, 11) is 0. The molecule has 0 fully saturated rings. The van der Waals surface area contributed by atoms with Crippen LogP contribution in [0.5, 0.6) is 5.75 Å². The average molecular weight is 341 g/mol. The summed E-state index contributed by atoms with van der Waals surface area (Å²) < 4.78 is 7.77. The van der Waals surface area contributed by atoms with Crippen LogP contribution in [0.4, 0.5) is 0 Å². The molecule has 0 spiro atoms. The highest BCUT2D eigenvalue weighted by Crippen LogP contribution is 2.34. The van der Waals surface area contributed by atoms with Crippen LogP contribution in [-0.2, 0) is 0 Å². The first kappa shape index (κ1) is 17.5. The minimum atomic E-state index is -0.118. The van der Waals surface area contributed by atoms with Gasteiger partial charge in [-0.15, -0.1) is 0 Å². The van der Waals surface area contributed by atoms with Crippen molar-refractivity contribution in [3.63, 3.8) is 0 Å². The Hall–Kier alpha value is -2.30. The van der Waals surface area contributed by atoms with Gasteiger partial charge in [-0.1, -0.05) is 32.0 Å². The van der Waals surface area contributed by atoms with E-state index in [4.69, 9.17) is 4.74 Å². The quantitative estimate of drug-likeness (QED) is 0.890. The van der Waals surface area contributed by atoms with Crippen LogP contribution < -0.4 is 10.1 Å². The second-order valence-corrected chi connectivity index (χ2v) is 6.74. The summed E-state index contributed by atoms with van der Waals surface area (Å²) in [5, 5.41) is 7.70. The van der Waals surface area contributed by atoms with Crippen LogP contribution in [-0.4, -0.2) is 22.3 Å². The molecule has 134 valence electrons. The van der Waals surface area contributed by atoms with Crippen LogP contribution in [0.25, 0.3) is 0 Å². The smallest absolute Gasteiger partial charge is 0.272 e. The number of rotatable bonds is 5. The van der Waals surface area contributed by atoms with Gasteiger partial charge >= 0.3 is 0 Å². The largest absolute Gasteiger partial charge is 0.493 e. The van der Waals surface area contributed by atoms with Gasteiger partial charge in [-0.2, -0.15) is 5.10 Å². The first-order chi connectivity index (χ1) is 12.0. The fourth-order valence-corrected chi connectivity index (χ4v) is 3.57. The van der Waals surface area contributed by atoms with Gasteiger partial charge in [-0.25, -0.2) is 0 Å². The van der Waals surface area contributed by atoms with Crippen LogP contribution in [0.15, 0.2) is 24.3 Å². The highest BCUT2D eigenvalue weighted by atomic mass is 16.5. The van der Waals surface area contributed by atoms with E-state index in [1.54, 1.807) is 0 Å². The highest BCUT2D eigenvalue weighted by molar-refractivity contribution is 5.92. The number of para-hydroxylation sites is 1. The molecular formula is C20H27N3O2. The minimum absolute atomic E-state index is 0.0326. The van der Waals surface area contributed by atoms with Gasteiger partial charge in [0.05, 0.1) is 18.7 Å². The van der Waals surface area contributed by atoms with Crippen molar-refractivity contribution in [3.05, 3.63) is 46.8 Å². The topological polar surface area (TPSA) is 56.2 Å². The van der Waals surface area contributed by atoms with Crippen molar-refractivity contribution in [2.45, 2.75) is 59.0 Å². The van der Waals surface area contributed by atoms with E-state index in [2.05, 4.69) is 24.3 Å². The molecule has 1 amide bonds. The number of nitrogens with zero attached hydrogens (tertiary/aromatic N) is 2. The first-order valence-corrected chi connectivity index (χ1v) is 9.14. The van der Waals surface area contributed by atoms with Crippen LogP contribution in [0.2, 0.25) is 0 Å². The maximum Gasteiger partial charge on any atom is 0.272 e. The summed E-state index contributed by atoms with van der Waals surface area (Å²) in [5.74, 6) is 0.782. The van der Waals surface area contributed by atoms with E-state index in [9.17, 15) is 4.79 Å². The Morgan fingerprint density at radius 1 is 1.36 bits per heavy atom. The molecule has 0 unspecified atom stereocenters. The standard InChI is InChI=1S/C20H27N3O2/c1-5-15(6-2)23-14(4)12-18(22-23)20(24)21-17-10-11-25-19-13(3)8-7-9-16(17)19/h7-9,12,15,17H,5-6,10-11H2,1-4H3,(H,21,24)/t17-/m1/s1. The number of aromatic nitrogens is 2. The molecule has 1 aromatic heterocycles. The zero-order valence-corrected chi connectivity index (χ0v) is 15.5. The van der Waals surface area contributed by atoms with E-state index in [0.29, 0.717) is 18.3 Å². The molecule has 1 aliphatic heterocycles. The lowest BCUT2D eigenvalue weighted by molar-refractivity contribution is 0.0918. The second-order valence-electron chi connectivity index (χ2n) is 6.74. The number of fused-ring (bicyclic) bond motifs is 1. The molecule has 2 aromatic rings. The number of carbonyl (C=O) groups is 1. The number of nitrogens with one attached hydrogen (secondary N) is 1. The van der Waals surface area contributed by atoms with E-state index in [1.165, 1.54) is 0 Å². The maximum absolute atomic E-state index is 12.7. The molecule has 0 bridgehead atoms. The average Bonchev–Trinajstić information content (AvgIpc) is 2.99. The van der Waals surface area contributed by atoms with Crippen LogP contribution in [0.1, 0.15) is 72.5 Å². The van der Waals surface area contributed by atoms with E-state index >= 15 is 0 Å². The summed E-state index contributed by atoms with van der Waals surface area (Å²) in [6.45, 7) is 8.95. The molecule has 5 nitrogen and oxygen atoms in total. The van der Waals surface area contributed by atoms with Gasteiger partial charge in [0, 0.05) is 17.7 Å². The van der Waals surface area contributed by atoms with E-state index in [1.807, 2.05) is 42.8 Å². The minimum Gasteiger partial charge on any atom is -0.493 e. The molecule has 0 saturated heterocycles. The van der Waals surface area contributed by atoms with E-state index < -0.39 is 0 Å². The zero-order chi connectivity index (χ0) is 18.0. The monoisotopic (exact) mass is 341 g/mol. The van der Waals surface area contributed by atoms with Crippen molar-refractivity contribution >= 4 is 5.91 Å². The number of carbonyl (C=O) groups excluding carboxylic acids is 1. The molecule has 25 heavy (non-hydrogen) atoms. The van der Waals surface area contributed by atoms with Crippen LogP contribution >= 0.6 is 0 Å². The Morgan fingerprint density at radius 3 is 2.84 bits per heavy atom. The van der Waals surface area contributed by atoms with Crippen molar-refractivity contribution in [3.8, 4) is 5.75 Å². The number of benzene rings is 1. The van der Waals surface area contributed by atoms with Gasteiger partial charge in [-0.3, -0.25) is 9.48 Å². The third-order valence-corrected chi connectivity index (χ3v) is 5.02. The van der Waals surface area contributed by atoms with E-state index in [-0.39, 0.29) is 11.9 Å². The second kappa shape index (κ2) is 7.30. The third-order valence-electron chi connectivity index (χ3n) is 5.02. The Balaban J connectivity index is 1.80. The number of ether oxygens (including phenoxy) is 1. The maximum atomic E-state index is 12.7. The molecule has 3 rings (SSSR count). The van der Waals surface area contributed by atoms with Gasteiger partial charge < -0.3 is 10.1 Å². The summed E-state index contributed by atoms with van der Waals surface area (Å²) in [5.41, 5.74) is 3.67. The summed E-state index contributed by atoms with van der Waals surface area (Å²) in [6, 6.07) is 8.25. The van der Waals surface area contributed by atoms with Crippen molar-refractivity contribution in [1.82, 2.24) is 15.1 Å². The molecule has 0 saturated carbocycles. The summed E-state index contributed by atoms with van der Waals surface area (Å²) >= 11 is 0. The van der Waals surface area contributed by atoms with Gasteiger partial charge in [0.25, 0.3) is 5.91 Å². The lowest BCUT2D eigenvalue weighted by Crippen LogP contribution is -2.32. The Labute approximate surface area is 149 Å². The molecule has 1 N–H and O–H groups in total. The summed E-state index contributed by atoms with van der Waals surface area (Å²) in [6.07, 6.45) is 2.79. The normalized spacial score (nSPS) is 16.4. The predicted molar refractivity (Wildman–Crippen MR) is 98.1 cm³/mol. The van der Waals surface area contributed by atoms with Gasteiger partial charge in [0.15, 0.2) is 0 Å². The van der Waals surface area contributed by atoms with Crippen molar-refractivity contribution < 1.29 is 9.53 Å². The van der Waals surface area contributed by atoms with Crippen molar-refractivity contribution in [2.75, 3.05) is 6.61 Å². The number of hydrogen-bond acceptors (Lipinski definition) is 3. The highest BCUT2D eigenvalue weighted by Gasteiger charge is 2.25. The Bertz CT molecular complexity index is 762. The number of aryl methyl sites for hydroxylation is 2. The van der Waals surface area contributed by atoms with Gasteiger partial charge in [0.1, 0.15) is 11.4 Å². The molecule has 5 heteroatoms. The third kappa shape index (κ3) is 3.41. The summed E-state index contributed by atoms with van der Waals surface area (Å²) in [4.78, 5) is 12.7.